The van der Waals surface area contributed by atoms with Gasteiger partial charge in [0.25, 0.3) is 5.91 Å². The third-order valence-corrected chi connectivity index (χ3v) is 4.03. The molecule has 0 bridgehead atoms. The zero-order valence-corrected chi connectivity index (χ0v) is 11.8. The summed E-state index contributed by atoms with van der Waals surface area (Å²) in [5.74, 6) is -3.65. The first-order valence-corrected chi connectivity index (χ1v) is 7.20. The predicted molar refractivity (Wildman–Crippen MR) is 72.6 cm³/mol. The molecule has 2 aromatic rings. The number of anilines is 1. The Morgan fingerprint density at radius 2 is 1.90 bits per heavy atom. The lowest BCUT2D eigenvalue weighted by molar-refractivity contribution is -0.133. The Hall–Kier alpha value is -2.07. The first-order chi connectivity index (χ1) is 9.94. The minimum absolute atomic E-state index is 0.109. The molecule has 1 aromatic heterocycles. The first kappa shape index (κ1) is 15.3. The number of benzene rings is 1. The first-order valence-electron chi connectivity index (χ1n) is 5.39. The Labute approximate surface area is 125 Å². The quantitative estimate of drug-likeness (QED) is 0.645. The van der Waals surface area contributed by atoms with Crippen molar-refractivity contribution in [1.82, 2.24) is 10.2 Å². The van der Waals surface area contributed by atoms with E-state index >= 15 is 0 Å². The van der Waals surface area contributed by atoms with Crippen LogP contribution in [0.5, 0.6) is 0 Å². The van der Waals surface area contributed by atoms with Crippen LogP contribution in [0, 0.1) is 11.6 Å². The van der Waals surface area contributed by atoms with Gasteiger partial charge in [-0.3, -0.25) is 14.9 Å². The Morgan fingerprint density at radius 3 is 2.52 bits per heavy atom. The highest BCUT2D eigenvalue weighted by molar-refractivity contribution is 8.01. The summed E-state index contributed by atoms with van der Waals surface area (Å²) < 4.78 is 26.4. The van der Waals surface area contributed by atoms with Gasteiger partial charge in [-0.2, -0.15) is 0 Å². The van der Waals surface area contributed by atoms with Crippen LogP contribution in [0.25, 0.3) is 0 Å². The fourth-order valence-corrected chi connectivity index (χ4v) is 2.76. The number of rotatable bonds is 5. The van der Waals surface area contributed by atoms with Crippen molar-refractivity contribution < 1.29 is 23.5 Å². The lowest BCUT2D eigenvalue weighted by Crippen LogP contribution is -2.12. The summed E-state index contributed by atoms with van der Waals surface area (Å²) in [5.41, 5.74) is -0.192. The van der Waals surface area contributed by atoms with Crippen LogP contribution in [-0.2, 0) is 4.79 Å². The topological polar surface area (TPSA) is 92.2 Å². The summed E-state index contributed by atoms with van der Waals surface area (Å²) in [6.07, 6.45) is 0. The van der Waals surface area contributed by atoms with Crippen molar-refractivity contribution in [1.29, 1.82) is 0 Å². The Morgan fingerprint density at radius 1 is 1.24 bits per heavy atom. The second-order valence-corrected chi connectivity index (χ2v) is 5.87. The van der Waals surface area contributed by atoms with Gasteiger partial charge in [-0.25, -0.2) is 8.78 Å². The van der Waals surface area contributed by atoms with Gasteiger partial charge < -0.3 is 5.11 Å². The lowest BCUT2D eigenvalue weighted by Gasteiger charge is -2.01. The van der Waals surface area contributed by atoms with E-state index in [1.54, 1.807) is 0 Å². The molecule has 0 unspecified atom stereocenters. The van der Waals surface area contributed by atoms with Gasteiger partial charge in [0.15, 0.2) is 4.34 Å². The molecule has 1 aromatic carbocycles. The molecule has 0 radical (unpaired) electrons. The number of hydrogen-bond donors (Lipinski definition) is 2. The van der Waals surface area contributed by atoms with Crippen LogP contribution in [0.3, 0.4) is 0 Å². The van der Waals surface area contributed by atoms with Gasteiger partial charge in [0.05, 0.1) is 5.75 Å². The SMILES string of the molecule is O=C(O)CSc1nnc(NC(=O)c2cc(F)cc(F)c2)s1. The summed E-state index contributed by atoms with van der Waals surface area (Å²) in [7, 11) is 0. The number of aliphatic carboxylic acids is 1. The molecule has 1 heterocycles. The second-order valence-electron chi connectivity index (χ2n) is 3.67. The summed E-state index contributed by atoms with van der Waals surface area (Å²) in [4.78, 5) is 22.2. The molecule has 0 fully saturated rings. The molecule has 2 N–H and O–H groups in total. The van der Waals surface area contributed by atoms with Crippen molar-refractivity contribution >= 4 is 40.1 Å². The number of carbonyl (C=O) groups excluding carboxylic acids is 1. The zero-order valence-electron chi connectivity index (χ0n) is 10.2. The number of carboxylic acids is 1. The van der Waals surface area contributed by atoms with Gasteiger partial charge in [-0.05, 0) is 12.1 Å². The van der Waals surface area contributed by atoms with E-state index in [2.05, 4.69) is 15.5 Å². The molecule has 0 aliphatic heterocycles. The van der Waals surface area contributed by atoms with Gasteiger partial charge in [0.1, 0.15) is 11.6 Å². The summed E-state index contributed by atoms with van der Waals surface area (Å²) >= 11 is 1.92. The van der Waals surface area contributed by atoms with E-state index in [-0.39, 0.29) is 16.4 Å². The molecule has 0 saturated heterocycles. The van der Waals surface area contributed by atoms with Crippen molar-refractivity contribution in [2.75, 3.05) is 11.1 Å². The number of aromatic nitrogens is 2. The highest BCUT2D eigenvalue weighted by atomic mass is 32.2. The van der Waals surface area contributed by atoms with Gasteiger partial charge in [0.2, 0.25) is 5.13 Å². The number of carbonyl (C=O) groups is 2. The minimum atomic E-state index is -1.00. The van der Waals surface area contributed by atoms with E-state index < -0.39 is 23.5 Å². The average molecular weight is 331 g/mol. The third kappa shape index (κ3) is 4.46. The maximum absolute atomic E-state index is 13.0. The van der Waals surface area contributed by atoms with Crippen molar-refractivity contribution in [3.05, 3.63) is 35.4 Å². The molecule has 21 heavy (non-hydrogen) atoms. The van der Waals surface area contributed by atoms with Crippen LogP contribution >= 0.6 is 23.1 Å². The van der Waals surface area contributed by atoms with Gasteiger partial charge in [-0.15, -0.1) is 10.2 Å². The van der Waals surface area contributed by atoms with E-state index in [0.29, 0.717) is 10.4 Å². The molecular weight excluding hydrogens is 324 g/mol. The zero-order chi connectivity index (χ0) is 15.4. The molecule has 0 aliphatic rings. The van der Waals surface area contributed by atoms with Gasteiger partial charge >= 0.3 is 5.97 Å². The molecule has 0 spiro atoms. The molecule has 110 valence electrons. The van der Waals surface area contributed by atoms with Crippen LogP contribution in [0.2, 0.25) is 0 Å². The smallest absolute Gasteiger partial charge is 0.313 e. The van der Waals surface area contributed by atoms with Crippen LogP contribution in [0.15, 0.2) is 22.5 Å². The largest absolute Gasteiger partial charge is 0.481 e. The molecular formula is C11H7F2N3O3S2. The van der Waals surface area contributed by atoms with E-state index in [1.807, 2.05) is 0 Å². The van der Waals surface area contributed by atoms with E-state index in [4.69, 9.17) is 5.11 Å². The fraction of sp³-hybridized carbons (Fsp3) is 0.0909. The van der Waals surface area contributed by atoms with E-state index in [9.17, 15) is 18.4 Å². The number of nitrogens with zero attached hydrogens (tertiary/aromatic N) is 2. The van der Waals surface area contributed by atoms with Gasteiger partial charge in [0, 0.05) is 11.6 Å². The Bertz CT molecular complexity index is 673. The molecule has 0 atom stereocenters. The highest BCUT2D eigenvalue weighted by Gasteiger charge is 2.13. The third-order valence-electron chi connectivity index (χ3n) is 2.07. The molecule has 6 nitrogen and oxygen atoms in total. The molecule has 2 rings (SSSR count). The Kier molecular flexibility index (Phi) is 4.81. The van der Waals surface area contributed by atoms with E-state index in [0.717, 1.165) is 35.2 Å². The summed E-state index contributed by atoms with van der Waals surface area (Å²) in [6.45, 7) is 0. The maximum atomic E-state index is 13.0. The average Bonchev–Trinajstić information content (AvgIpc) is 2.83. The molecule has 0 saturated carbocycles. The van der Waals surface area contributed by atoms with Crippen molar-refractivity contribution in [2.45, 2.75) is 4.34 Å². The van der Waals surface area contributed by atoms with Crippen LogP contribution in [0.4, 0.5) is 13.9 Å². The van der Waals surface area contributed by atoms with Crippen molar-refractivity contribution in [3.8, 4) is 0 Å². The maximum Gasteiger partial charge on any atom is 0.313 e. The minimum Gasteiger partial charge on any atom is -0.481 e. The monoisotopic (exact) mass is 331 g/mol. The summed E-state index contributed by atoms with van der Waals surface area (Å²) in [5, 5.41) is 18.3. The Balaban J connectivity index is 2.04. The van der Waals surface area contributed by atoms with Gasteiger partial charge in [-0.1, -0.05) is 23.1 Å². The van der Waals surface area contributed by atoms with Crippen molar-refractivity contribution in [3.63, 3.8) is 0 Å². The molecule has 1 amide bonds. The summed E-state index contributed by atoms with van der Waals surface area (Å²) in [6, 6.07) is 2.43. The number of carboxylic acid groups (broad SMARTS) is 1. The fourth-order valence-electron chi connectivity index (χ4n) is 1.30. The standard InChI is InChI=1S/C11H7F2N3O3S2/c12-6-1-5(2-7(13)3-6)9(19)14-10-15-16-11(21-10)20-4-8(17)18/h1-3H,4H2,(H,17,18)(H,14,15,19). The number of nitrogens with one attached hydrogen (secondary N) is 1. The molecule has 10 heteroatoms. The predicted octanol–water partition coefficient (Wildman–Crippen LogP) is 2.25. The highest BCUT2D eigenvalue weighted by Crippen LogP contribution is 2.25. The molecule has 0 aliphatic carbocycles. The van der Waals surface area contributed by atoms with Crippen LogP contribution < -0.4 is 5.32 Å². The second kappa shape index (κ2) is 6.59. The number of halogens is 2. The number of hydrogen-bond acceptors (Lipinski definition) is 6. The van der Waals surface area contributed by atoms with Crippen LogP contribution in [0.1, 0.15) is 10.4 Å². The lowest BCUT2D eigenvalue weighted by atomic mass is 10.2. The normalized spacial score (nSPS) is 10.4. The number of thioether (sulfide) groups is 1. The number of amides is 1. The van der Waals surface area contributed by atoms with E-state index in [1.165, 1.54) is 0 Å². The van der Waals surface area contributed by atoms with Crippen LogP contribution in [-0.4, -0.2) is 32.9 Å². The van der Waals surface area contributed by atoms with Crippen molar-refractivity contribution in [2.24, 2.45) is 0 Å².